The monoisotopic (exact) mass is 241 g/mol. The summed E-state index contributed by atoms with van der Waals surface area (Å²) in [5.74, 6) is -0.164. The van der Waals surface area contributed by atoms with Crippen LogP contribution in [0.25, 0.3) is 0 Å². The van der Waals surface area contributed by atoms with Crippen LogP contribution in [0.2, 0.25) is 0 Å². The minimum Gasteiger partial charge on any atom is -0.355 e. The van der Waals surface area contributed by atoms with E-state index in [2.05, 4.69) is 5.32 Å². The minimum absolute atomic E-state index is 0.0313. The van der Waals surface area contributed by atoms with Gasteiger partial charge in [-0.3, -0.25) is 9.59 Å². The van der Waals surface area contributed by atoms with Crippen molar-refractivity contribution >= 4 is 11.8 Å². The number of carbonyl (C=O) groups is 2. The molecule has 0 aliphatic heterocycles. The van der Waals surface area contributed by atoms with Crippen molar-refractivity contribution in [2.45, 2.75) is 39.2 Å². The van der Waals surface area contributed by atoms with Gasteiger partial charge in [-0.05, 0) is 26.7 Å². The lowest BCUT2D eigenvalue weighted by Crippen LogP contribution is -2.46. The van der Waals surface area contributed by atoms with Gasteiger partial charge >= 0.3 is 0 Å². The van der Waals surface area contributed by atoms with Crippen LogP contribution >= 0.6 is 0 Å². The zero-order valence-electron chi connectivity index (χ0n) is 10.7. The van der Waals surface area contributed by atoms with Gasteiger partial charge in [0.1, 0.15) is 0 Å². The third kappa shape index (κ3) is 3.70. The second-order valence-electron chi connectivity index (χ2n) is 4.51. The molecule has 0 bridgehead atoms. The molecule has 0 aromatic rings. The van der Waals surface area contributed by atoms with Crippen LogP contribution in [-0.4, -0.2) is 42.4 Å². The van der Waals surface area contributed by atoms with Crippen LogP contribution in [0.3, 0.4) is 0 Å². The van der Waals surface area contributed by atoms with Gasteiger partial charge in [0.2, 0.25) is 11.8 Å². The summed E-state index contributed by atoms with van der Waals surface area (Å²) >= 11 is 0. The number of nitrogens with two attached hydrogens (primary N) is 1. The van der Waals surface area contributed by atoms with Crippen LogP contribution in [0.5, 0.6) is 0 Å². The second kappa shape index (κ2) is 6.59. The number of likely N-dealkylation sites (N-methyl/N-ethyl adjacent to an activating group) is 2. The molecule has 0 heterocycles. The van der Waals surface area contributed by atoms with Crippen LogP contribution in [0, 0.1) is 5.92 Å². The third-order valence-electron chi connectivity index (χ3n) is 3.29. The highest BCUT2D eigenvalue weighted by Gasteiger charge is 2.33. The van der Waals surface area contributed by atoms with Gasteiger partial charge in [-0.1, -0.05) is 6.42 Å². The van der Waals surface area contributed by atoms with E-state index in [1.54, 1.807) is 4.90 Å². The fraction of sp³-hybridized carbons (Fsp3) is 0.833. The summed E-state index contributed by atoms with van der Waals surface area (Å²) in [6.07, 6.45) is 2.78. The number of amides is 2. The average Bonchev–Trinajstić information content (AvgIpc) is 2.72. The van der Waals surface area contributed by atoms with Gasteiger partial charge in [-0.2, -0.15) is 0 Å². The molecule has 0 saturated heterocycles. The molecule has 0 aromatic carbocycles. The van der Waals surface area contributed by atoms with Crippen LogP contribution in [0.15, 0.2) is 0 Å². The number of carbonyl (C=O) groups excluding carboxylic acids is 2. The van der Waals surface area contributed by atoms with Crippen molar-refractivity contribution in [2.75, 3.05) is 19.6 Å². The SMILES string of the molecule is CCNC(=O)CN(CC)C(=O)C1CCCC1N. The number of nitrogens with one attached hydrogen (secondary N) is 1. The summed E-state index contributed by atoms with van der Waals surface area (Å²) in [6, 6.07) is -0.0363. The van der Waals surface area contributed by atoms with Crippen LogP contribution in [0.4, 0.5) is 0 Å². The van der Waals surface area contributed by atoms with Gasteiger partial charge in [-0.25, -0.2) is 0 Å². The molecule has 0 spiro atoms. The zero-order chi connectivity index (χ0) is 12.8. The van der Waals surface area contributed by atoms with Crippen molar-refractivity contribution in [3.63, 3.8) is 0 Å². The summed E-state index contributed by atoms with van der Waals surface area (Å²) in [6.45, 7) is 5.04. The van der Waals surface area contributed by atoms with E-state index in [0.29, 0.717) is 13.1 Å². The summed E-state index contributed by atoms with van der Waals surface area (Å²) in [5.41, 5.74) is 5.91. The highest BCUT2D eigenvalue weighted by Crippen LogP contribution is 2.25. The van der Waals surface area contributed by atoms with E-state index in [0.717, 1.165) is 19.3 Å². The van der Waals surface area contributed by atoms with Gasteiger partial charge in [0, 0.05) is 19.1 Å². The first-order valence-corrected chi connectivity index (χ1v) is 6.41. The fourth-order valence-electron chi connectivity index (χ4n) is 2.30. The van der Waals surface area contributed by atoms with Gasteiger partial charge in [0.05, 0.1) is 12.5 Å². The van der Waals surface area contributed by atoms with E-state index in [1.807, 2.05) is 13.8 Å². The molecule has 17 heavy (non-hydrogen) atoms. The maximum atomic E-state index is 12.2. The van der Waals surface area contributed by atoms with Crippen molar-refractivity contribution in [3.8, 4) is 0 Å². The topological polar surface area (TPSA) is 75.4 Å². The van der Waals surface area contributed by atoms with Crippen LogP contribution < -0.4 is 11.1 Å². The van der Waals surface area contributed by atoms with Gasteiger partial charge in [0.25, 0.3) is 0 Å². The average molecular weight is 241 g/mol. The quantitative estimate of drug-likeness (QED) is 0.716. The Morgan fingerprint density at radius 1 is 1.35 bits per heavy atom. The van der Waals surface area contributed by atoms with E-state index >= 15 is 0 Å². The fourth-order valence-corrected chi connectivity index (χ4v) is 2.30. The van der Waals surface area contributed by atoms with Crippen LogP contribution in [0.1, 0.15) is 33.1 Å². The Kier molecular flexibility index (Phi) is 5.41. The molecule has 2 atom stereocenters. The van der Waals surface area contributed by atoms with Crippen LogP contribution in [-0.2, 0) is 9.59 Å². The minimum atomic E-state index is -0.103. The Labute approximate surface area is 103 Å². The number of rotatable bonds is 5. The van der Waals surface area contributed by atoms with Crippen molar-refractivity contribution in [3.05, 3.63) is 0 Å². The van der Waals surface area contributed by atoms with Gasteiger partial charge in [-0.15, -0.1) is 0 Å². The van der Waals surface area contributed by atoms with E-state index in [1.165, 1.54) is 0 Å². The Bertz CT molecular complexity index is 281. The smallest absolute Gasteiger partial charge is 0.239 e. The lowest BCUT2D eigenvalue weighted by atomic mass is 10.0. The molecule has 0 radical (unpaired) electrons. The molecule has 0 aromatic heterocycles. The highest BCUT2D eigenvalue weighted by atomic mass is 16.2. The Hall–Kier alpha value is -1.10. The van der Waals surface area contributed by atoms with Crippen molar-refractivity contribution in [2.24, 2.45) is 11.7 Å². The molecular weight excluding hydrogens is 218 g/mol. The van der Waals surface area contributed by atoms with E-state index in [-0.39, 0.29) is 30.3 Å². The number of hydrogen-bond acceptors (Lipinski definition) is 3. The number of hydrogen-bond donors (Lipinski definition) is 2. The maximum Gasteiger partial charge on any atom is 0.239 e. The lowest BCUT2D eigenvalue weighted by molar-refractivity contribution is -0.139. The summed E-state index contributed by atoms with van der Waals surface area (Å²) in [5, 5.41) is 2.70. The normalized spacial score (nSPS) is 23.5. The standard InChI is InChI=1S/C12H23N3O2/c1-3-14-11(16)8-15(4-2)12(17)9-6-5-7-10(9)13/h9-10H,3-8,13H2,1-2H3,(H,14,16). The molecule has 98 valence electrons. The first kappa shape index (κ1) is 14.0. The van der Waals surface area contributed by atoms with Gasteiger partial charge < -0.3 is 16.0 Å². The molecule has 1 aliphatic carbocycles. The van der Waals surface area contributed by atoms with E-state index in [9.17, 15) is 9.59 Å². The summed E-state index contributed by atoms with van der Waals surface area (Å²) in [7, 11) is 0. The molecule has 1 fully saturated rings. The Morgan fingerprint density at radius 3 is 2.53 bits per heavy atom. The first-order valence-electron chi connectivity index (χ1n) is 6.41. The maximum absolute atomic E-state index is 12.2. The zero-order valence-corrected chi connectivity index (χ0v) is 10.7. The predicted molar refractivity (Wildman–Crippen MR) is 66.3 cm³/mol. The molecule has 5 nitrogen and oxygen atoms in total. The van der Waals surface area contributed by atoms with Crippen molar-refractivity contribution < 1.29 is 9.59 Å². The van der Waals surface area contributed by atoms with Crippen molar-refractivity contribution in [1.29, 1.82) is 0 Å². The largest absolute Gasteiger partial charge is 0.355 e. The predicted octanol–water partition coefficient (Wildman–Crippen LogP) is 0.0984. The highest BCUT2D eigenvalue weighted by molar-refractivity contribution is 5.86. The lowest BCUT2D eigenvalue weighted by Gasteiger charge is -2.25. The molecular formula is C12H23N3O2. The van der Waals surface area contributed by atoms with Gasteiger partial charge in [0.15, 0.2) is 0 Å². The Balaban J connectivity index is 2.54. The van der Waals surface area contributed by atoms with E-state index in [4.69, 9.17) is 5.73 Å². The summed E-state index contributed by atoms with van der Waals surface area (Å²) in [4.78, 5) is 25.3. The molecule has 2 unspecified atom stereocenters. The third-order valence-corrected chi connectivity index (χ3v) is 3.29. The molecule has 1 rings (SSSR count). The molecule has 1 aliphatic rings. The molecule has 2 amide bonds. The first-order chi connectivity index (χ1) is 8.10. The second-order valence-corrected chi connectivity index (χ2v) is 4.51. The Morgan fingerprint density at radius 2 is 2.06 bits per heavy atom. The van der Waals surface area contributed by atoms with Crippen molar-refractivity contribution in [1.82, 2.24) is 10.2 Å². The summed E-state index contributed by atoms with van der Waals surface area (Å²) < 4.78 is 0. The van der Waals surface area contributed by atoms with E-state index < -0.39 is 0 Å². The molecule has 5 heteroatoms. The molecule has 3 N–H and O–H groups in total. The molecule has 1 saturated carbocycles. The number of nitrogens with zero attached hydrogens (tertiary/aromatic N) is 1.